The Hall–Kier alpha value is -2.01. The minimum absolute atomic E-state index is 0.293. The average molecular weight is 399 g/mol. The summed E-state index contributed by atoms with van der Waals surface area (Å²) in [6.45, 7) is 6.68. The molecule has 0 aliphatic carbocycles. The van der Waals surface area contributed by atoms with Gasteiger partial charge in [0.1, 0.15) is 18.0 Å². The molecule has 1 aromatic heterocycles. The van der Waals surface area contributed by atoms with Crippen LogP contribution in [0.4, 0.5) is 0 Å². The normalized spacial score (nSPS) is 20.6. The van der Waals surface area contributed by atoms with Crippen molar-refractivity contribution >= 4 is 22.5 Å². The van der Waals surface area contributed by atoms with E-state index in [4.69, 9.17) is 16.3 Å². The lowest BCUT2D eigenvalue weighted by Gasteiger charge is -2.39. The summed E-state index contributed by atoms with van der Waals surface area (Å²) in [6.07, 6.45) is 3.68. The van der Waals surface area contributed by atoms with E-state index in [1.165, 1.54) is 10.9 Å². The molecule has 5 heteroatoms. The molecular weight excluding hydrogens is 372 g/mol. The highest BCUT2D eigenvalue weighted by atomic mass is 35.5. The van der Waals surface area contributed by atoms with Gasteiger partial charge >= 0.3 is 0 Å². The molecule has 1 atom stereocenters. The molecule has 0 amide bonds. The fourth-order valence-electron chi connectivity index (χ4n) is 4.13. The molecule has 2 aromatic carbocycles. The number of likely N-dealkylation sites (tertiary alicyclic amines) is 1. The number of aryl methyl sites for hydroxylation is 2. The first-order valence-corrected chi connectivity index (χ1v) is 10.2. The van der Waals surface area contributed by atoms with E-state index in [0.717, 1.165) is 53.3 Å². The summed E-state index contributed by atoms with van der Waals surface area (Å²) in [4.78, 5) is 5.55. The number of fused-ring (bicyclic) bond motifs is 1. The van der Waals surface area contributed by atoms with Gasteiger partial charge in [-0.2, -0.15) is 0 Å². The predicted octanol–water partition coefficient (Wildman–Crippen LogP) is 4.84. The molecule has 0 radical (unpaired) electrons. The standard InChI is InChI=1S/C23H27ClN2O2/c1-16-10-20(11-17(2)22(16)24)28-15-23(27)7-3-9-26(14-23)13-18-4-5-21-19(12-18)6-8-25-21/h4-6,8,10-12,25,27H,3,7,9,13-15H2,1-2H3/t23-/m1/s1. The molecular formula is C23H27ClN2O2. The third-order valence-corrected chi connectivity index (χ3v) is 6.17. The van der Waals surface area contributed by atoms with E-state index in [1.807, 2.05) is 32.2 Å². The number of aromatic nitrogens is 1. The fourth-order valence-corrected chi connectivity index (χ4v) is 4.23. The van der Waals surface area contributed by atoms with Gasteiger partial charge in [-0.15, -0.1) is 0 Å². The molecule has 1 fully saturated rings. The second kappa shape index (κ2) is 7.78. The molecule has 1 saturated heterocycles. The van der Waals surface area contributed by atoms with Gasteiger partial charge < -0.3 is 14.8 Å². The summed E-state index contributed by atoms with van der Waals surface area (Å²) < 4.78 is 5.97. The Morgan fingerprint density at radius 2 is 1.96 bits per heavy atom. The Bertz CT molecular complexity index is 961. The SMILES string of the molecule is Cc1cc(OC[C@@]2(O)CCCN(Cc3ccc4[nH]ccc4c3)C2)cc(C)c1Cl. The molecule has 3 aromatic rings. The lowest BCUT2D eigenvalue weighted by atomic mass is 9.93. The highest BCUT2D eigenvalue weighted by Crippen LogP contribution is 2.28. The third-order valence-electron chi connectivity index (χ3n) is 5.58. The summed E-state index contributed by atoms with van der Waals surface area (Å²) in [7, 11) is 0. The summed E-state index contributed by atoms with van der Waals surface area (Å²) >= 11 is 6.24. The van der Waals surface area contributed by atoms with Crippen molar-refractivity contribution in [2.24, 2.45) is 0 Å². The Balaban J connectivity index is 1.40. The number of hydrogen-bond donors (Lipinski definition) is 2. The van der Waals surface area contributed by atoms with E-state index >= 15 is 0 Å². The van der Waals surface area contributed by atoms with Crippen LogP contribution in [-0.4, -0.2) is 40.3 Å². The third kappa shape index (κ3) is 4.19. The number of piperidine rings is 1. The maximum atomic E-state index is 11.1. The number of rotatable bonds is 5. The molecule has 4 rings (SSSR count). The van der Waals surface area contributed by atoms with Crippen LogP contribution in [0.25, 0.3) is 10.9 Å². The largest absolute Gasteiger partial charge is 0.491 e. The molecule has 1 aliphatic heterocycles. The van der Waals surface area contributed by atoms with Gasteiger partial charge in [0.25, 0.3) is 0 Å². The van der Waals surface area contributed by atoms with E-state index in [2.05, 4.69) is 34.1 Å². The number of aromatic amines is 1. The monoisotopic (exact) mass is 398 g/mol. The van der Waals surface area contributed by atoms with Crippen LogP contribution in [0, 0.1) is 13.8 Å². The van der Waals surface area contributed by atoms with E-state index in [0.29, 0.717) is 13.2 Å². The van der Waals surface area contributed by atoms with Crippen LogP contribution in [0.2, 0.25) is 5.02 Å². The Morgan fingerprint density at radius 1 is 1.18 bits per heavy atom. The van der Waals surface area contributed by atoms with Crippen molar-refractivity contribution < 1.29 is 9.84 Å². The molecule has 0 unspecified atom stereocenters. The van der Waals surface area contributed by atoms with E-state index in [1.54, 1.807) is 0 Å². The molecule has 2 heterocycles. The van der Waals surface area contributed by atoms with Crippen LogP contribution >= 0.6 is 11.6 Å². The van der Waals surface area contributed by atoms with E-state index in [9.17, 15) is 5.11 Å². The predicted molar refractivity (Wildman–Crippen MR) is 114 cm³/mol. The van der Waals surface area contributed by atoms with Crippen LogP contribution in [0.15, 0.2) is 42.6 Å². The highest BCUT2D eigenvalue weighted by molar-refractivity contribution is 6.32. The molecule has 0 spiro atoms. The van der Waals surface area contributed by atoms with Gasteiger partial charge in [0.15, 0.2) is 0 Å². The number of ether oxygens (including phenoxy) is 1. The van der Waals surface area contributed by atoms with Crippen LogP contribution in [0.3, 0.4) is 0 Å². The van der Waals surface area contributed by atoms with Crippen LogP contribution in [0.1, 0.15) is 29.5 Å². The molecule has 148 valence electrons. The van der Waals surface area contributed by atoms with Crippen molar-refractivity contribution in [3.63, 3.8) is 0 Å². The summed E-state index contributed by atoms with van der Waals surface area (Å²) in [5, 5.41) is 13.1. The molecule has 2 N–H and O–H groups in total. The zero-order valence-electron chi connectivity index (χ0n) is 16.5. The van der Waals surface area contributed by atoms with Gasteiger partial charge in [0.05, 0.1) is 0 Å². The van der Waals surface area contributed by atoms with Gasteiger partial charge in [0.2, 0.25) is 0 Å². The summed E-state index contributed by atoms with van der Waals surface area (Å²) in [5.74, 6) is 0.767. The number of β-amino-alcohol motifs (C(OH)–C–C–N with tert-alkyl or cyclic N) is 1. The lowest BCUT2D eigenvalue weighted by molar-refractivity contribution is -0.0621. The molecule has 0 saturated carbocycles. The second-order valence-electron chi connectivity index (χ2n) is 8.10. The van der Waals surface area contributed by atoms with Gasteiger partial charge in [-0.1, -0.05) is 17.7 Å². The van der Waals surface area contributed by atoms with Crippen molar-refractivity contribution in [2.75, 3.05) is 19.7 Å². The van der Waals surface area contributed by atoms with Crippen LogP contribution in [-0.2, 0) is 6.54 Å². The highest BCUT2D eigenvalue weighted by Gasteiger charge is 2.34. The van der Waals surface area contributed by atoms with Gasteiger partial charge in [0, 0.05) is 29.8 Å². The van der Waals surface area contributed by atoms with Crippen LogP contribution in [0.5, 0.6) is 5.75 Å². The van der Waals surface area contributed by atoms with Crippen molar-refractivity contribution in [1.82, 2.24) is 9.88 Å². The maximum absolute atomic E-state index is 11.1. The molecule has 1 aliphatic rings. The summed E-state index contributed by atoms with van der Waals surface area (Å²) in [5.41, 5.74) is 3.57. The lowest BCUT2D eigenvalue weighted by Crippen LogP contribution is -2.51. The molecule has 0 bridgehead atoms. The number of nitrogens with zero attached hydrogens (tertiary/aromatic N) is 1. The minimum Gasteiger partial charge on any atom is -0.491 e. The van der Waals surface area contributed by atoms with E-state index < -0.39 is 5.60 Å². The quantitative estimate of drug-likeness (QED) is 0.646. The number of hydrogen-bond acceptors (Lipinski definition) is 3. The number of nitrogens with one attached hydrogen (secondary N) is 1. The van der Waals surface area contributed by atoms with Crippen molar-refractivity contribution in [3.05, 3.63) is 64.3 Å². The maximum Gasteiger partial charge on any atom is 0.120 e. The Labute approximate surface area is 171 Å². The molecule has 4 nitrogen and oxygen atoms in total. The van der Waals surface area contributed by atoms with E-state index in [-0.39, 0.29) is 0 Å². The first-order chi connectivity index (χ1) is 13.4. The smallest absolute Gasteiger partial charge is 0.120 e. The topological polar surface area (TPSA) is 48.5 Å². The second-order valence-corrected chi connectivity index (χ2v) is 8.48. The molecule has 28 heavy (non-hydrogen) atoms. The van der Waals surface area contributed by atoms with Gasteiger partial charge in [-0.3, -0.25) is 4.90 Å². The number of benzene rings is 2. The summed E-state index contributed by atoms with van der Waals surface area (Å²) in [6, 6.07) is 12.5. The first kappa shape index (κ1) is 19.3. The number of halogens is 1. The van der Waals surface area contributed by atoms with Crippen molar-refractivity contribution in [3.8, 4) is 5.75 Å². The zero-order valence-corrected chi connectivity index (χ0v) is 17.2. The van der Waals surface area contributed by atoms with Crippen LogP contribution < -0.4 is 4.74 Å². The first-order valence-electron chi connectivity index (χ1n) is 9.82. The zero-order chi connectivity index (χ0) is 19.7. The van der Waals surface area contributed by atoms with Crippen molar-refractivity contribution in [2.45, 2.75) is 38.8 Å². The van der Waals surface area contributed by atoms with Gasteiger partial charge in [-0.25, -0.2) is 0 Å². The minimum atomic E-state index is -0.835. The van der Waals surface area contributed by atoms with Crippen molar-refractivity contribution in [1.29, 1.82) is 0 Å². The average Bonchev–Trinajstić information content (AvgIpc) is 3.12. The van der Waals surface area contributed by atoms with Gasteiger partial charge in [-0.05, 0) is 85.6 Å². The number of H-pyrrole nitrogens is 1. The Morgan fingerprint density at radius 3 is 2.75 bits per heavy atom. The number of aliphatic hydroxyl groups is 1. The Kier molecular flexibility index (Phi) is 5.37. The fraction of sp³-hybridized carbons (Fsp3) is 0.391.